The zero-order chi connectivity index (χ0) is 18.6. The van der Waals surface area contributed by atoms with E-state index in [9.17, 15) is 9.90 Å². The SMILES string of the molecule is O=C(c1ccc(O)cc1)N1CCN(c2ccc(C3CCCCC3)cc2)CC1. The maximum Gasteiger partial charge on any atom is 0.253 e. The van der Waals surface area contributed by atoms with E-state index in [1.54, 1.807) is 24.3 Å². The zero-order valence-corrected chi connectivity index (χ0v) is 15.8. The Hall–Kier alpha value is -2.49. The quantitative estimate of drug-likeness (QED) is 0.878. The molecule has 1 aliphatic carbocycles. The Morgan fingerprint density at radius 3 is 2.07 bits per heavy atom. The van der Waals surface area contributed by atoms with Crippen LogP contribution < -0.4 is 4.90 Å². The number of nitrogens with zero attached hydrogens (tertiary/aromatic N) is 2. The minimum atomic E-state index is 0.0438. The predicted octanol–water partition coefficient (Wildman–Crippen LogP) is 4.40. The fraction of sp³-hybridized carbons (Fsp3) is 0.435. The Bertz CT molecular complexity index is 756. The number of amides is 1. The lowest BCUT2D eigenvalue weighted by molar-refractivity contribution is 0.0747. The molecular formula is C23H28N2O2. The van der Waals surface area contributed by atoms with Gasteiger partial charge >= 0.3 is 0 Å². The Balaban J connectivity index is 1.34. The largest absolute Gasteiger partial charge is 0.508 e. The standard InChI is InChI=1S/C23H28N2O2/c26-22-12-8-20(9-13-22)23(27)25-16-14-24(15-17-25)21-10-6-19(7-11-21)18-4-2-1-3-5-18/h6-13,18,26H,1-5,14-17H2. The van der Waals surface area contributed by atoms with E-state index in [-0.39, 0.29) is 11.7 Å². The van der Waals surface area contributed by atoms with Crippen molar-refractivity contribution in [1.82, 2.24) is 4.90 Å². The van der Waals surface area contributed by atoms with Gasteiger partial charge in [-0.2, -0.15) is 0 Å². The minimum Gasteiger partial charge on any atom is -0.508 e. The summed E-state index contributed by atoms with van der Waals surface area (Å²) in [4.78, 5) is 16.9. The summed E-state index contributed by atoms with van der Waals surface area (Å²) < 4.78 is 0. The first-order chi connectivity index (χ1) is 13.2. The number of hydrogen-bond donors (Lipinski definition) is 1. The summed E-state index contributed by atoms with van der Waals surface area (Å²) in [7, 11) is 0. The van der Waals surface area contributed by atoms with E-state index in [2.05, 4.69) is 29.2 Å². The Morgan fingerprint density at radius 2 is 1.44 bits per heavy atom. The summed E-state index contributed by atoms with van der Waals surface area (Å²) in [6.07, 6.45) is 6.78. The molecule has 0 atom stereocenters. The normalized spacial score (nSPS) is 18.5. The second-order valence-corrected chi connectivity index (χ2v) is 7.75. The maximum absolute atomic E-state index is 12.6. The molecule has 2 aromatic rings. The molecule has 1 amide bonds. The van der Waals surface area contributed by atoms with Crippen molar-refractivity contribution in [2.75, 3.05) is 31.1 Å². The molecule has 1 aliphatic heterocycles. The van der Waals surface area contributed by atoms with Crippen LogP contribution in [-0.2, 0) is 0 Å². The number of aromatic hydroxyl groups is 1. The maximum atomic E-state index is 12.6. The van der Waals surface area contributed by atoms with E-state index in [0.29, 0.717) is 5.56 Å². The number of hydrogen-bond acceptors (Lipinski definition) is 3. The van der Waals surface area contributed by atoms with Gasteiger partial charge in [-0.3, -0.25) is 4.79 Å². The molecule has 0 radical (unpaired) electrons. The van der Waals surface area contributed by atoms with Crippen LogP contribution in [0.1, 0.15) is 53.9 Å². The van der Waals surface area contributed by atoms with Gasteiger partial charge in [-0.25, -0.2) is 0 Å². The van der Waals surface area contributed by atoms with Crippen molar-refractivity contribution in [3.8, 4) is 5.75 Å². The zero-order valence-electron chi connectivity index (χ0n) is 15.8. The average molecular weight is 364 g/mol. The number of carbonyl (C=O) groups is 1. The fourth-order valence-electron chi connectivity index (χ4n) is 4.35. The molecule has 0 spiro atoms. The van der Waals surface area contributed by atoms with Gasteiger partial charge in [0.2, 0.25) is 0 Å². The van der Waals surface area contributed by atoms with E-state index in [4.69, 9.17) is 0 Å². The van der Waals surface area contributed by atoms with Gasteiger partial charge in [-0.15, -0.1) is 0 Å². The van der Waals surface area contributed by atoms with Gasteiger partial charge in [-0.05, 0) is 60.7 Å². The molecule has 0 bridgehead atoms. The molecule has 0 aromatic heterocycles. The highest BCUT2D eigenvalue weighted by Crippen LogP contribution is 2.33. The van der Waals surface area contributed by atoms with Crippen LogP contribution in [0.15, 0.2) is 48.5 Å². The summed E-state index contributed by atoms with van der Waals surface area (Å²) in [5.41, 5.74) is 3.38. The monoisotopic (exact) mass is 364 g/mol. The first kappa shape index (κ1) is 17.9. The molecule has 1 heterocycles. The van der Waals surface area contributed by atoms with Crippen LogP contribution in [0, 0.1) is 0 Å². The summed E-state index contributed by atoms with van der Waals surface area (Å²) in [6, 6.07) is 15.6. The second kappa shape index (κ2) is 8.03. The molecule has 4 rings (SSSR count). The van der Waals surface area contributed by atoms with Crippen LogP contribution in [0.3, 0.4) is 0 Å². The third-order valence-electron chi connectivity index (χ3n) is 6.02. The number of piperazine rings is 1. The highest BCUT2D eigenvalue weighted by Gasteiger charge is 2.23. The van der Waals surface area contributed by atoms with Gasteiger partial charge in [0.05, 0.1) is 0 Å². The molecule has 1 saturated heterocycles. The molecule has 142 valence electrons. The molecule has 27 heavy (non-hydrogen) atoms. The molecule has 1 saturated carbocycles. The van der Waals surface area contributed by atoms with E-state index in [1.165, 1.54) is 43.4 Å². The van der Waals surface area contributed by atoms with E-state index in [0.717, 1.165) is 32.1 Å². The third kappa shape index (κ3) is 4.10. The van der Waals surface area contributed by atoms with Gasteiger partial charge in [0.15, 0.2) is 0 Å². The highest BCUT2D eigenvalue weighted by atomic mass is 16.3. The van der Waals surface area contributed by atoms with Crippen molar-refractivity contribution in [3.63, 3.8) is 0 Å². The molecule has 4 heteroatoms. The number of anilines is 1. The number of rotatable bonds is 3. The third-order valence-corrected chi connectivity index (χ3v) is 6.02. The first-order valence-electron chi connectivity index (χ1n) is 10.1. The predicted molar refractivity (Wildman–Crippen MR) is 108 cm³/mol. The summed E-state index contributed by atoms with van der Waals surface area (Å²) in [6.45, 7) is 3.16. The Labute approximate surface area is 161 Å². The highest BCUT2D eigenvalue weighted by molar-refractivity contribution is 5.94. The minimum absolute atomic E-state index is 0.0438. The molecule has 0 unspecified atom stereocenters. The smallest absolute Gasteiger partial charge is 0.253 e. The van der Waals surface area contributed by atoms with Crippen molar-refractivity contribution in [2.45, 2.75) is 38.0 Å². The van der Waals surface area contributed by atoms with E-state index >= 15 is 0 Å². The molecule has 4 nitrogen and oxygen atoms in total. The van der Waals surface area contributed by atoms with Crippen molar-refractivity contribution in [3.05, 3.63) is 59.7 Å². The van der Waals surface area contributed by atoms with Gasteiger partial charge < -0.3 is 14.9 Å². The lowest BCUT2D eigenvalue weighted by atomic mass is 9.84. The van der Waals surface area contributed by atoms with Crippen LogP contribution in [-0.4, -0.2) is 42.1 Å². The topological polar surface area (TPSA) is 43.8 Å². The number of carbonyl (C=O) groups excluding carboxylic acids is 1. The van der Waals surface area contributed by atoms with Crippen LogP contribution in [0.2, 0.25) is 0 Å². The van der Waals surface area contributed by atoms with Crippen molar-refractivity contribution < 1.29 is 9.90 Å². The Morgan fingerprint density at radius 1 is 0.815 bits per heavy atom. The number of benzene rings is 2. The van der Waals surface area contributed by atoms with E-state index < -0.39 is 0 Å². The molecule has 2 aromatic carbocycles. The number of phenolic OH excluding ortho intramolecular Hbond substituents is 1. The van der Waals surface area contributed by atoms with E-state index in [1.807, 2.05) is 4.90 Å². The molecule has 1 N–H and O–H groups in total. The Kier molecular flexibility index (Phi) is 5.33. The second-order valence-electron chi connectivity index (χ2n) is 7.75. The summed E-state index contributed by atoms with van der Waals surface area (Å²) in [5.74, 6) is 0.975. The van der Waals surface area contributed by atoms with Gasteiger partial charge in [0.1, 0.15) is 5.75 Å². The average Bonchev–Trinajstić information content (AvgIpc) is 2.75. The van der Waals surface area contributed by atoms with Crippen LogP contribution >= 0.6 is 0 Å². The van der Waals surface area contributed by atoms with Crippen LogP contribution in [0.4, 0.5) is 5.69 Å². The lowest BCUT2D eigenvalue weighted by Crippen LogP contribution is -2.48. The van der Waals surface area contributed by atoms with Gasteiger partial charge in [0.25, 0.3) is 5.91 Å². The van der Waals surface area contributed by atoms with Crippen LogP contribution in [0.25, 0.3) is 0 Å². The first-order valence-corrected chi connectivity index (χ1v) is 10.1. The van der Waals surface area contributed by atoms with Gasteiger partial charge in [-0.1, -0.05) is 31.4 Å². The van der Waals surface area contributed by atoms with Crippen molar-refractivity contribution in [2.24, 2.45) is 0 Å². The summed E-state index contributed by atoms with van der Waals surface area (Å²) in [5, 5.41) is 9.38. The molecule has 2 aliphatic rings. The lowest BCUT2D eigenvalue weighted by Gasteiger charge is -2.36. The number of phenols is 1. The van der Waals surface area contributed by atoms with Crippen molar-refractivity contribution >= 4 is 11.6 Å². The summed E-state index contributed by atoms with van der Waals surface area (Å²) >= 11 is 0. The van der Waals surface area contributed by atoms with Crippen molar-refractivity contribution in [1.29, 1.82) is 0 Å². The molecular weight excluding hydrogens is 336 g/mol. The molecule has 2 fully saturated rings. The van der Waals surface area contributed by atoms with Gasteiger partial charge in [0, 0.05) is 37.4 Å². The van der Waals surface area contributed by atoms with Crippen LogP contribution in [0.5, 0.6) is 5.75 Å². The fourth-order valence-corrected chi connectivity index (χ4v) is 4.35.